The van der Waals surface area contributed by atoms with Gasteiger partial charge in [0.15, 0.2) is 0 Å². The smallest absolute Gasteiger partial charge is 0.336 e. The zero-order valence-corrected chi connectivity index (χ0v) is 21.6. The number of aliphatic imine (C=N–C) groups is 1. The molecule has 1 aliphatic rings. The van der Waals surface area contributed by atoms with Crippen molar-refractivity contribution in [2.24, 2.45) is 10.9 Å². The Morgan fingerprint density at radius 3 is 2.34 bits per heavy atom. The Kier molecular flexibility index (Phi) is 8.15. The van der Waals surface area contributed by atoms with Gasteiger partial charge >= 0.3 is 17.9 Å². The van der Waals surface area contributed by atoms with Gasteiger partial charge in [-0.3, -0.25) is 14.6 Å². The van der Waals surface area contributed by atoms with E-state index in [-0.39, 0.29) is 30.4 Å². The number of allylic oxidation sites excluding steroid dienone is 1. The SMILES string of the molecule is CCOC(=O)C1=C(C)N=C(OC(C)=O)C(C(=O)OCC)C1c1cccc2ncc(Oc3ccccc3)cc12. The summed E-state index contributed by atoms with van der Waals surface area (Å²) in [6.07, 6.45) is 1.60. The molecule has 0 bridgehead atoms. The van der Waals surface area contributed by atoms with Gasteiger partial charge in [0, 0.05) is 18.2 Å². The third-order valence-corrected chi connectivity index (χ3v) is 5.91. The lowest BCUT2D eigenvalue weighted by Gasteiger charge is -2.32. The minimum Gasteiger partial charge on any atom is -0.465 e. The van der Waals surface area contributed by atoms with Gasteiger partial charge in [0.05, 0.1) is 36.2 Å². The number of carbonyl (C=O) groups excluding carboxylic acids is 3. The van der Waals surface area contributed by atoms with Crippen molar-refractivity contribution in [3.8, 4) is 11.5 Å². The van der Waals surface area contributed by atoms with Gasteiger partial charge in [-0.1, -0.05) is 30.3 Å². The number of hydrogen-bond donors (Lipinski definition) is 0. The zero-order valence-electron chi connectivity index (χ0n) is 21.6. The van der Waals surface area contributed by atoms with Crippen LogP contribution < -0.4 is 4.74 Å². The Labute approximate surface area is 220 Å². The van der Waals surface area contributed by atoms with Crippen molar-refractivity contribution in [1.82, 2.24) is 4.98 Å². The molecule has 38 heavy (non-hydrogen) atoms. The molecule has 0 saturated carbocycles. The minimum absolute atomic E-state index is 0.0823. The highest BCUT2D eigenvalue weighted by molar-refractivity contribution is 6.08. The van der Waals surface area contributed by atoms with Gasteiger partial charge in [0.25, 0.3) is 0 Å². The van der Waals surface area contributed by atoms with Crippen LogP contribution in [-0.2, 0) is 28.6 Å². The number of rotatable bonds is 7. The van der Waals surface area contributed by atoms with E-state index < -0.39 is 29.7 Å². The quantitative estimate of drug-likeness (QED) is 0.315. The summed E-state index contributed by atoms with van der Waals surface area (Å²) in [6.45, 7) is 6.39. The number of pyridine rings is 1. The lowest BCUT2D eigenvalue weighted by molar-refractivity contribution is -0.147. The largest absolute Gasteiger partial charge is 0.465 e. The lowest BCUT2D eigenvalue weighted by atomic mass is 9.76. The fourth-order valence-corrected chi connectivity index (χ4v) is 4.45. The fraction of sp³-hybridized carbons (Fsp3) is 0.276. The normalized spacial score (nSPS) is 17.0. The summed E-state index contributed by atoms with van der Waals surface area (Å²) in [5, 5.41) is 0.638. The van der Waals surface area contributed by atoms with Crippen LogP contribution in [0.1, 0.15) is 39.2 Å². The van der Waals surface area contributed by atoms with E-state index in [0.717, 1.165) is 0 Å². The van der Waals surface area contributed by atoms with Gasteiger partial charge in [-0.15, -0.1) is 0 Å². The van der Waals surface area contributed by atoms with Crippen molar-refractivity contribution in [3.05, 3.63) is 77.6 Å². The number of aromatic nitrogens is 1. The average Bonchev–Trinajstić information content (AvgIpc) is 2.88. The Morgan fingerprint density at radius 1 is 0.921 bits per heavy atom. The van der Waals surface area contributed by atoms with Crippen LogP contribution in [0.25, 0.3) is 10.9 Å². The van der Waals surface area contributed by atoms with Gasteiger partial charge in [-0.2, -0.15) is 0 Å². The molecule has 2 heterocycles. The highest BCUT2D eigenvalue weighted by atomic mass is 16.6. The average molecular weight is 517 g/mol. The molecule has 196 valence electrons. The van der Waals surface area contributed by atoms with Crippen molar-refractivity contribution < 1.29 is 33.3 Å². The number of benzene rings is 2. The standard InChI is InChI=1S/C29H28N2O7/c1-5-35-28(33)24-17(3)31-27(37-18(4)32)26(29(34)36-6-2)25(24)21-13-10-14-23-22(21)15-20(16-30-23)38-19-11-8-7-9-12-19/h7-16,25-26H,5-6H2,1-4H3. The van der Waals surface area contributed by atoms with Crippen LogP contribution in [-0.4, -0.2) is 42.0 Å². The van der Waals surface area contributed by atoms with E-state index in [1.165, 1.54) is 6.92 Å². The van der Waals surface area contributed by atoms with Crippen LogP contribution in [0.2, 0.25) is 0 Å². The molecule has 9 nitrogen and oxygen atoms in total. The van der Waals surface area contributed by atoms with E-state index in [0.29, 0.717) is 28.0 Å². The summed E-state index contributed by atoms with van der Waals surface area (Å²) in [5.41, 5.74) is 1.63. The second-order valence-corrected chi connectivity index (χ2v) is 8.47. The third kappa shape index (κ3) is 5.56. The molecular formula is C29H28N2O7. The zero-order chi connectivity index (χ0) is 27.2. The predicted molar refractivity (Wildman–Crippen MR) is 140 cm³/mol. The molecule has 0 fully saturated rings. The molecule has 1 aliphatic heterocycles. The highest BCUT2D eigenvalue weighted by Crippen LogP contribution is 2.43. The van der Waals surface area contributed by atoms with Gasteiger partial charge in [0.1, 0.15) is 17.4 Å². The Morgan fingerprint density at radius 2 is 1.66 bits per heavy atom. The second-order valence-electron chi connectivity index (χ2n) is 8.47. The van der Waals surface area contributed by atoms with Crippen LogP contribution in [0.5, 0.6) is 11.5 Å². The molecule has 2 aromatic carbocycles. The van der Waals surface area contributed by atoms with Gasteiger partial charge in [-0.25, -0.2) is 9.79 Å². The maximum absolute atomic E-state index is 13.3. The van der Waals surface area contributed by atoms with E-state index >= 15 is 0 Å². The van der Waals surface area contributed by atoms with Crippen molar-refractivity contribution in [2.45, 2.75) is 33.6 Å². The molecular weight excluding hydrogens is 488 g/mol. The molecule has 0 amide bonds. The van der Waals surface area contributed by atoms with Crippen LogP contribution >= 0.6 is 0 Å². The number of hydrogen-bond acceptors (Lipinski definition) is 9. The monoisotopic (exact) mass is 516 g/mol. The van der Waals surface area contributed by atoms with Crippen LogP contribution in [0.15, 0.2) is 77.1 Å². The minimum atomic E-state index is -1.22. The van der Waals surface area contributed by atoms with E-state index in [1.54, 1.807) is 45.2 Å². The van der Waals surface area contributed by atoms with Crippen molar-refractivity contribution in [1.29, 1.82) is 0 Å². The molecule has 9 heteroatoms. The second kappa shape index (κ2) is 11.7. The van der Waals surface area contributed by atoms with Crippen molar-refractivity contribution in [3.63, 3.8) is 0 Å². The first kappa shape index (κ1) is 26.5. The van der Waals surface area contributed by atoms with E-state index in [1.807, 2.05) is 36.4 Å². The molecule has 2 unspecified atom stereocenters. The Bertz CT molecular complexity index is 1430. The van der Waals surface area contributed by atoms with Crippen molar-refractivity contribution in [2.75, 3.05) is 13.2 Å². The first-order valence-corrected chi connectivity index (χ1v) is 12.3. The lowest BCUT2D eigenvalue weighted by Crippen LogP contribution is -2.39. The third-order valence-electron chi connectivity index (χ3n) is 5.91. The summed E-state index contributed by atoms with van der Waals surface area (Å²) in [5.74, 6) is -3.17. The van der Waals surface area contributed by atoms with E-state index in [9.17, 15) is 14.4 Å². The maximum atomic E-state index is 13.3. The Balaban J connectivity index is 1.94. The van der Waals surface area contributed by atoms with Gasteiger partial charge < -0.3 is 18.9 Å². The van der Waals surface area contributed by atoms with Gasteiger partial charge in [-0.05, 0) is 50.6 Å². The molecule has 0 saturated heterocycles. The topological polar surface area (TPSA) is 113 Å². The van der Waals surface area contributed by atoms with Crippen LogP contribution in [0.3, 0.4) is 0 Å². The number of carbonyl (C=O) groups is 3. The fourth-order valence-electron chi connectivity index (χ4n) is 4.45. The van der Waals surface area contributed by atoms with Crippen molar-refractivity contribution >= 4 is 34.7 Å². The highest BCUT2D eigenvalue weighted by Gasteiger charge is 2.46. The van der Waals surface area contributed by atoms with E-state index in [4.69, 9.17) is 18.9 Å². The molecule has 3 aromatic rings. The molecule has 2 atom stereocenters. The summed E-state index contributed by atoms with van der Waals surface area (Å²) in [6, 6.07) is 16.4. The molecule has 0 N–H and O–H groups in total. The van der Waals surface area contributed by atoms with E-state index in [2.05, 4.69) is 9.98 Å². The first-order valence-electron chi connectivity index (χ1n) is 12.3. The molecule has 0 aliphatic carbocycles. The molecule has 1 aromatic heterocycles. The number of ether oxygens (including phenoxy) is 4. The van der Waals surface area contributed by atoms with Gasteiger partial charge in [0.2, 0.25) is 5.90 Å². The first-order chi connectivity index (χ1) is 18.3. The summed E-state index contributed by atoms with van der Waals surface area (Å²) >= 11 is 0. The number of nitrogens with zero attached hydrogens (tertiary/aromatic N) is 2. The summed E-state index contributed by atoms with van der Waals surface area (Å²) in [4.78, 5) is 47.4. The molecule has 0 radical (unpaired) electrons. The predicted octanol–water partition coefficient (Wildman–Crippen LogP) is 5.10. The Hall–Kier alpha value is -4.53. The summed E-state index contributed by atoms with van der Waals surface area (Å²) in [7, 11) is 0. The molecule has 0 spiro atoms. The number of para-hydroxylation sites is 1. The number of esters is 3. The maximum Gasteiger partial charge on any atom is 0.336 e. The van der Waals surface area contributed by atoms with Crippen LogP contribution in [0.4, 0.5) is 0 Å². The summed E-state index contributed by atoms with van der Waals surface area (Å²) < 4.78 is 22.1. The van der Waals surface area contributed by atoms with Crippen LogP contribution in [0, 0.1) is 5.92 Å². The molecule has 4 rings (SSSR count). The number of fused-ring (bicyclic) bond motifs is 1.